The normalized spacial score (nSPS) is 12.0. The van der Waals surface area contributed by atoms with Gasteiger partial charge in [-0.3, -0.25) is 20.2 Å². The van der Waals surface area contributed by atoms with Crippen LogP contribution in [0.25, 0.3) is 32.5 Å². The SMILES string of the molecule is Cc1ccc2ccccc2c1/C=N/NC(=O)c1ccncc1.Cc1ccccc1/C=N/Nc1ncnc2sc3c(c12)CCCC3.Cc1nc(-c2ccccn2)nc(N(C)Cc2ccccc2)c1Cl. The lowest BCUT2D eigenvalue weighted by molar-refractivity contribution is 0.0955. The van der Waals surface area contributed by atoms with Crippen LogP contribution in [-0.2, 0) is 19.4 Å². The van der Waals surface area contributed by atoms with E-state index in [4.69, 9.17) is 11.6 Å². The molecule has 0 saturated carbocycles. The zero-order chi connectivity index (χ0) is 47.2. The second-order valence-corrected chi connectivity index (χ2v) is 17.6. The van der Waals surface area contributed by atoms with Gasteiger partial charge in [0.1, 0.15) is 21.9 Å². The zero-order valence-corrected chi connectivity index (χ0v) is 39.8. The van der Waals surface area contributed by atoms with Crippen molar-refractivity contribution in [1.82, 2.24) is 35.3 Å². The highest BCUT2D eigenvalue weighted by Crippen LogP contribution is 2.38. The number of carbonyl (C=O) groups excluding carboxylic acids is 1. The van der Waals surface area contributed by atoms with Gasteiger partial charge in [-0.15, -0.1) is 11.3 Å². The molecule has 0 bridgehead atoms. The minimum Gasteiger partial charge on any atom is -0.354 e. The molecule has 12 nitrogen and oxygen atoms in total. The van der Waals surface area contributed by atoms with E-state index >= 15 is 0 Å². The Labute approximate surface area is 405 Å². The molecule has 340 valence electrons. The lowest BCUT2D eigenvalue weighted by atomic mass is 9.97. The summed E-state index contributed by atoms with van der Waals surface area (Å²) in [6.45, 7) is 6.72. The quantitative estimate of drug-likeness (QED) is 0.101. The Morgan fingerprint density at radius 2 is 1.53 bits per heavy atom. The topological polar surface area (TPSA) is 146 Å². The molecule has 0 radical (unpaired) electrons. The number of aromatic nitrogens is 6. The number of nitrogens with one attached hydrogen (secondary N) is 2. The number of thiophene rings is 1. The fourth-order valence-corrected chi connectivity index (χ4v) is 9.17. The van der Waals surface area contributed by atoms with Crippen molar-refractivity contribution in [1.29, 1.82) is 0 Å². The Balaban J connectivity index is 0.000000138. The van der Waals surface area contributed by atoms with Crippen molar-refractivity contribution in [3.63, 3.8) is 0 Å². The summed E-state index contributed by atoms with van der Waals surface area (Å²) in [5.41, 5.74) is 14.7. The number of nitrogens with zero attached hydrogens (tertiary/aromatic N) is 9. The molecular formula is C54H50ClN11OS. The molecule has 1 amide bonds. The van der Waals surface area contributed by atoms with Crippen LogP contribution in [0.2, 0.25) is 5.02 Å². The number of aryl methyl sites for hydroxylation is 5. The smallest absolute Gasteiger partial charge is 0.271 e. The molecule has 0 unspecified atom stereocenters. The molecule has 4 aromatic carbocycles. The first-order valence-electron chi connectivity index (χ1n) is 22.3. The van der Waals surface area contributed by atoms with Gasteiger partial charge in [-0.25, -0.2) is 25.4 Å². The van der Waals surface area contributed by atoms with Crippen molar-refractivity contribution >= 4 is 73.9 Å². The van der Waals surface area contributed by atoms with Gasteiger partial charge in [0.25, 0.3) is 5.91 Å². The fourth-order valence-electron chi connectivity index (χ4n) is 7.71. The number of anilines is 2. The number of carbonyl (C=O) groups is 1. The van der Waals surface area contributed by atoms with E-state index in [-0.39, 0.29) is 5.91 Å². The largest absolute Gasteiger partial charge is 0.354 e. The molecule has 5 heterocycles. The summed E-state index contributed by atoms with van der Waals surface area (Å²) in [6, 6.07) is 39.6. The number of amides is 1. The summed E-state index contributed by atoms with van der Waals surface area (Å²) in [7, 11) is 1.98. The number of halogens is 1. The van der Waals surface area contributed by atoms with E-state index in [1.54, 1.807) is 54.6 Å². The Bertz CT molecular complexity index is 3200. The van der Waals surface area contributed by atoms with E-state index in [0.29, 0.717) is 22.2 Å². The van der Waals surface area contributed by atoms with E-state index in [2.05, 4.69) is 94.3 Å². The number of rotatable bonds is 10. The Morgan fingerprint density at radius 3 is 2.34 bits per heavy atom. The van der Waals surface area contributed by atoms with Crippen LogP contribution in [0.1, 0.15) is 67.2 Å². The monoisotopic (exact) mass is 935 g/mol. The lowest BCUT2D eigenvalue weighted by Crippen LogP contribution is -2.19. The minimum absolute atomic E-state index is 0.253. The third-order valence-electron chi connectivity index (χ3n) is 11.3. The molecule has 9 aromatic rings. The van der Waals surface area contributed by atoms with Crippen LogP contribution in [0.3, 0.4) is 0 Å². The van der Waals surface area contributed by atoms with Gasteiger partial charge in [-0.1, -0.05) is 109 Å². The van der Waals surface area contributed by atoms with Crippen LogP contribution >= 0.6 is 22.9 Å². The van der Waals surface area contributed by atoms with E-state index in [1.165, 1.54) is 40.8 Å². The Kier molecular flexibility index (Phi) is 15.6. The molecule has 1 aliphatic carbocycles. The predicted octanol–water partition coefficient (Wildman–Crippen LogP) is 11.8. The summed E-state index contributed by atoms with van der Waals surface area (Å²) >= 11 is 8.23. The van der Waals surface area contributed by atoms with Crippen molar-refractivity contribution < 1.29 is 4.79 Å². The molecule has 0 aliphatic heterocycles. The van der Waals surface area contributed by atoms with Crippen LogP contribution in [0.5, 0.6) is 0 Å². The molecule has 0 fully saturated rings. The van der Waals surface area contributed by atoms with Crippen LogP contribution in [0, 0.1) is 20.8 Å². The number of fused-ring (bicyclic) bond motifs is 4. The molecular weight excluding hydrogens is 886 g/mol. The molecule has 5 aromatic heterocycles. The van der Waals surface area contributed by atoms with Crippen LogP contribution in [0.15, 0.2) is 156 Å². The van der Waals surface area contributed by atoms with E-state index in [9.17, 15) is 4.79 Å². The zero-order valence-electron chi connectivity index (χ0n) is 38.3. The first-order valence-corrected chi connectivity index (χ1v) is 23.4. The summed E-state index contributed by atoms with van der Waals surface area (Å²) < 4.78 is 0. The Hall–Kier alpha value is -7.74. The summed E-state index contributed by atoms with van der Waals surface area (Å²) in [5, 5.41) is 12.5. The van der Waals surface area contributed by atoms with Crippen LogP contribution in [-0.4, -0.2) is 55.3 Å². The number of hydrogen-bond acceptors (Lipinski definition) is 12. The van der Waals surface area contributed by atoms with Crippen molar-refractivity contribution in [3.8, 4) is 11.5 Å². The van der Waals surface area contributed by atoms with E-state index in [0.717, 1.165) is 67.9 Å². The minimum atomic E-state index is -0.253. The van der Waals surface area contributed by atoms with Crippen molar-refractivity contribution in [2.24, 2.45) is 10.2 Å². The lowest BCUT2D eigenvalue weighted by Gasteiger charge is -2.20. The third kappa shape index (κ3) is 11.6. The first kappa shape index (κ1) is 46.8. The molecule has 14 heteroatoms. The summed E-state index contributed by atoms with van der Waals surface area (Å²) in [6.07, 6.45) is 14.9. The molecule has 10 rings (SSSR count). The molecule has 2 N–H and O–H groups in total. The highest BCUT2D eigenvalue weighted by atomic mass is 35.5. The molecule has 68 heavy (non-hydrogen) atoms. The van der Waals surface area contributed by atoms with Gasteiger partial charge >= 0.3 is 0 Å². The van der Waals surface area contributed by atoms with Gasteiger partial charge in [0.05, 0.1) is 23.5 Å². The van der Waals surface area contributed by atoms with Gasteiger partial charge in [0.2, 0.25) is 0 Å². The molecule has 0 atom stereocenters. The second-order valence-electron chi connectivity index (χ2n) is 16.1. The highest BCUT2D eigenvalue weighted by molar-refractivity contribution is 7.19. The molecule has 0 saturated heterocycles. The average Bonchev–Trinajstić information content (AvgIpc) is 3.77. The fraction of sp³-hybridized carbons (Fsp3) is 0.167. The average molecular weight is 937 g/mol. The van der Waals surface area contributed by atoms with Gasteiger partial charge in [0, 0.05) is 48.2 Å². The number of benzene rings is 4. The third-order valence-corrected chi connectivity index (χ3v) is 13.0. The Morgan fingerprint density at radius 1 is 0.765 bits per heavy atom. The maximum Gasteiger partial charge on any atom is 0.271 e. The van der Waals surface area contributed by atoms with Gasteiger partial charge in [-0.05, 0) is 109 Å². The van der Waals surface area contributed by atoms with Gasteiger partial charge in [-0.2, -0.15) is 10.2 Å². The number of hydrazone groups is 2. The van der Waals surface area contributed by atoms with Crippen molar-refractivity contribution in [2.75, 3.05) is 17.4 Å². The maximum absolute atomic E-state index is 11.9. The van der Waals surface area contributed by atoms with Gasteiger partial charge < -0.3 is 4.90 Å². The van der Waals surface area contributed by atoms with Crippen molar-refractivity contribution in [3.05, 3.63) is 201 Å². The van der Waals surface area contributed by atoms with E-state index in [1.807, 2.05) is 105 Å². The molecule has 0 spiro atoms. The standard InChI is InChI=1S/C18H17ClN4.C18H18N4S.C18H15N3O/c1-13-16(19)18(23(2)12-14-8-4-3-5-9-14)22-17(21-13)15-10-6-7-11-20-15;1-12-6-2-3-7-13(12)10-21-22-17-16-14-8-4-5-9-15(14)23-18(16)20-11-19-17;1-13-6-7-14-4-2-3-5-16(14)17(13)12-20-21-18(22)15-8-10-19-11-9-15/h3-11H,12H2,1-2H3;2-3,6-7,10-11H,4-5,8-9H2,1H3,(H,19,20,22);2-12H,1H3,(H,21,22)/b;21-10+;20-12+. The molecule has 1 aliphatic rings. The van der Waals surface area contributed by atoms with Crippen molar-refractivity contribution in [2.45, 2.75) is 53.0 Å². The van der Waals surface area contributed by atoms with Crippen LogP contribution < -0.4 is 15.8 Å². The number of hydrogen-bond donors (Lipinski definition) is 2. The predicted molar refractivity (Wildman–Crippen MR) is 278 cm³/mol. The second kappa shape index (κ2) is 22.6. The summed E-state index contributed by atoms with van der Waals surface area (Å²) in [4.78, 5) is 42.6. The van der Waals surface area contributed by atoms with E-state index < -0.39 is 0 Å². The van der Waals surface area contributed by atoms with Gasteiger partial charge in [0.15, 0.2) is 17.5 Å². The number of pyridine rings is 2. The van der Waals surface area contributed by atoms with Crippen LogP contribution in [0.4, 0.5) is 11.6 Å². The summed E-state index contributed by atoms with van der Waals surface area (Å²) in [5.74, 6) is 1.86. The first-order chi connectivity index (χ1) is 33.2. The highest BCUT2D eigenvalue weighted by Gasteiger charge is 2.20. The maximum atomic E-state index is 11.9.